The van der Waals surface area contributed by atoms with Gasteiger partial charge >= 0.3 is 5.97 Å². The summed E-state index contributed by atoms with van der Waals surface area (Å²) in [5.74, 6) is 0.781. The Morgan fingerprint density at radius 2 is 2.00 bits per heavy atom. The van der Waals surface area contributed by atoms with E-state index in [1.807, 2.05) is 13.8 Å². The van der Waals surface area contributed by atoms with Crippen LogP contribution in [-0.2, 0) is 4.74 Å². The Morgan fingerprint density at radius 3 is 2.63 bits per heavy atom. The van der Waals surface area contributed by atoms with E-state index in [-0.39, 0.29) is 24.0 Å². The quantitative estimate of drug-likeness (QED) is 0.814. The van der Waals surface area contributed by atoms with Crippen molar-refractivity contribution in [3.05, 3.63) is 47.5 Å². The fourth-order valence-corrected chi connectivity index (χ4v) is 3.21. The Bertz CT molecular complexity index is 807. The molecule has 1 aliphatic rings. The zero-order valence-electron chi connectivity index (χ0n) is 15.9. The number of amides is 1. The third kappa shape index (κ3) is 4.48. The van der Waals surface area contributed by atoms with E-state index in [0.717, 1.165) is 12.8 Å². The van der Waals surface area contributed by atoms with E-state index in [1.54, 1.807) is 31.3 Å². The lowest BCUT2D eigenvalue weighted by atomic mass is 10.0. The molecular formula is C20H25N3O4. The minimum atomic E-state index is -0.362. The maximum absolute atomic E-state index is 12.3. The van der Waals surface area contributed by atoms with Crippen LogP contribution in [0.25, 0.3) is 0 Å². The fourth-order valence-electron chi connectivity index (χ4n) is 3.21. The SMILES string of the molecule is Cc1occc1C(=O)NC1CCN(c2ncccc2C(=O)OC(C)C)CC1. The number of pyridine rings is 1. The summed E-state index contributed by atoms with van der Waals surface area (Å²) >= 11 is 0. The molecule has 0 saturated carbocycles. The largest absolute Gasteiger partial charge is 0.469 e. The third-order valence-corrected chi connectivity index (χ3v) is 4.58. The molecule has 0 atom stereocenters. The topological polar surface area (TPSA) is 84.7 Å². The van der Waals surface area contributed by atoms with E-state index >= 15 is 0 Å². The lowest BCUT2D eigenvalue weighted by molar-refractivity contribution is 0.0378. The number of aryl methyl sites for hydroxylation is 1. The van der Waals surface area contributed by atoms with Crippen molar-refractivity contribution in [3.63, 3.8) is 0 Å². The summed E-state index contributed by atoms with van der Waals surface area (Å²) in [6.07, 6.45) is 4.57. The number of rotatable bonds is 5. The van der Waals surface area contributed by atoms with Gasteiger partial charge in [-0.25, -0.2) is 9.78 Å². The average Bonchev–Trinajstić information content (AvgIpc) is 3.08. The van der Waals surface area contributed by atoms with Crippen LogP contribution in [0, 0.1) is 6.92 Å². The molecule has 144 valence electrons. The normalized spacial score (nSPS) is 15.0. The van der Waals surface area contributed by atoms with E-state index in [4.69, 9.17) is 9.15 Å². The van der Waals surface area contributed by atoms with Gasteiger partial charge in [0.1, 0.15) is 17.1 Å². The highest BCUT2D eigenvalue weighted by molar-refractivity contribution is 5.95. The number of carbonyl (C=O) groups excluding carboxylic acids is 2. The Kier molecular flexibility index (Phi) is 5.78. The molecule has 27 heavy (non-hydrogen) atoms. The molecule has 1 fully saturated rings. The summed E-state index contributed by atoms with van der Waals surface area (Å²) in [6.45, 7) is 6.83. The van der Waals surface area contributed by atoms with Crippen LogP contribution in [0.15, 0.2) is 35.1 Å². The van der Waals surface area contributed by atoms with Crippen molar-refractivity contribution < 1.29 is 18.7 Å². The van der Waals surface area contributed by atoms with Gasteiger partial charge in [0.25, 0.3) is 5.91 Å². The summed E-state index contributed by atoms with van der Waals surface area (Å²) in [4.78, 5) is 31.1. The molecule has 2 aromatic heterocycles. The number of hydrogen-bond donors (Lipinski definition) is 1. The molecule has 0 radical (unpaired) electrons. The van der Waals surface area contributed by atoms with Gasteiger partial charge in [-0.1, -0.05) is 0 Å². The molecule has 3 heterocycles. The van der Waals surface area contributed by atoms with Crippen LogP contribution in [0.2, 0.25) is 0 Å². The lowest BCUT2D eigenvalue weighted by Gasteiger charge is -2.33. The summed E-state index contributed by atoms with van der Waals surface area (Å²) in [7, 11) is 0. The molecule has 1 saturated heterocycles. The number of nitrogens with one attached hydrogen (secondary N) is 1. The van der Waals surface area contributed by atoms with E-state index in [2.05, 4.69) is 15.2 Å². The van der Waals surface area contributed by atoms with Gasteiger partial charge in [0.05, 0.1) is 17.9 Å². The standard InChI is InChI=1S/C20H25N3O4/c1-13(2)27-20(25)17-5-4-9-21-18(17)23-10-6-15(7-11-23)22-19(24)16-8-12-26-14(16)3/h4-5,8-9,12-13,15H,6-7,10-11H2,1-3H3,(H,22,24). The summed E-state index contributed by atoms with van der Waals surface area (Å²) in [6, 6.07) is 5.24. The van der Waals surface area contributed by atoms with Crippen LogP contribution in [0.4, 0.5) is 5.82 Å². The van der Waals surface area contributed by atoms with Crippen LogP contribution in [-0.4, -0.2) is 42.1 Å². The van der Waals surface area contributed by atoms with Crippen LogP contribution in [0.5, 0.6) is 0 Å². The van der Waals surface area contributed by atoms with Crippen molar-refractivity contribution in [2.75, 3.05) is 18.0 Å². The molecule has 7 nitrogen and oxygen atoms in total. The predicted octanol–water partition coefficient (Wildman–Crippen LogP) is 2.95. The number of nitrogens with zero attached hydrogens (tertiary/aromatic N) is 2. The minimum Gasteiger partial charge on any atom is -0.469 e. The van der Waals surface area contributed by atoms with Gasteiger partial charge in [0.15, 0.2) is 0 Å². The molecular weight excluding hydrogens is 346 g/mol. The molecule has 7 heteroatoms. The van der Waals surface area contributed by atoms with Crippen molar-refractivity contribution in [3.8, 4) is 0 Å². The highest BCUT2D eigenvalue weighted by atomic mass is 16.5. The number of furan rings is 1. The van der Waals surface area contributed by atoms with Gasteiger partial charge in [-0.05, 0) is 51.8 Å². The highest BCUT2D eigenvalue weighted by Crippen LogP contribution is 2.23. The Hall–Kier alpha value is -2.83. The molecule has 0 aromatic carbocycles. The van der Waals surface area contributed by atoms with Crippen LogP contribution in [0.3, 0.4) is 0 Å². The summed E-state index contributed by atoms with van der Waals surface area (Å²) in [5, 5.41) is 3.06. The fraction of sp³-hybridized carbons (Fsp3) is 0.450. The molecule has 2 aromatic rings. The number of anilines is 1. The van der Waals surface area contributed by atoms with Gasteiger partial charge in [-0.2, -0.15) is 0 Å². The van der Waals surface area contributed by atoms with Gasteiger partial charge in [-0.3, -0.25) is 4.79 Å². The molecule has 3 rings (SSSR count). The highest BCUT2D eigenvalue weighted by Gasteiger charge is 2.26. The Morgan fingerprint density at radius 1 is 1.26 bits per heavy atom. The zero-order valence-corrected chi connectivity index (χ0v) is 15.9. The Balaban J connectivity index is 1.62. The second-order valence-electron chi connectivity index (χ2n) is 6.95. The van der Waals surface area contributed by atoms with Crippen molar-refractivity contribution in [1.82, 2.24) is 10.3 Å². The van der Waals surface area contributed by atoms with Gasteiger partial charge in [-0.15, -0.1) is 0 Å². The van der Waals surface area contributed by atoms with Crippen molar-refractivity contribution >= 4 is 17.7 Å². The van der Waals surface area contributed by atoms with Crippen LogP contribution >= 0.6 is 0 Å². The minimum absolute atomic E-state index is 0.0813. The van der Waals surface area contributed by atoms with Gasteiger partial charge in [0, 0.05) is 25.3 Å². The monoisotopic (exact) mass is 371 g/mol. The smallest absolute Gasteiger partial charge is 0.342 e. The number of esters is 1. The van der Waals surface area contributed by atoms with E-state index in [1.165, 1.54) is 6.26 Å². The van der Waals surface area contributed by atoms with Gasteiger partial charge in [0.2, 0.25) is 0 Å². The number of aromatic nitrogens is 1. The van der Waals surface area contributed by atoms with Crippen LogP contribution < -0.4 is 10.2 Å². The second-order valence-corrected chi connectivity index (χ2v) is 6.95. The van der Waals surface area contributed by atoms with Crippen molar-refractivity contribution in [1.29, 1.82) is 0 Å². The van der Waals surface area contributed by atoms with Crippen molar-refractivity contribution in [2.45, 2.75) is 45.8 Å². The first-order valence-electron chi connectivity index (χ1n) is 9.21. The molecule has 0 bridgehead atoms. The maximum atomic E-state index is 12.3. The first-order valence-corrected chi connectivity index (χ1v) is 9.21. The first kappa shape index (κ1) is 18.9. The molecule has 0 unspecified atom stereocenters. The molecule has 1 aliphatic heterocycles. The lowest BCUT2D eigenvalue weighted by Crippen LogP contribution is -2.45. The Labute approximate surface area is 158 Å². The second kappa shape index (κ2) is 8.24. The van der Waals surface area contributed by atoms with E-state index in [9.17, 15) is 9.59 Å². The average molecular weight is 371 g/mol. The number of carbonyl (C=O) groups is 2. The molecule has 0 aliphatic carbocycles. The predicted molar refractivity (Wildman–Crippen MR) is 101 cm³/mol. The van der Waals surface area contributed by atoms with E-state index < -0.39 is 0 Å². The summed E-state index contributed by atoms with van der Waals surface area (Å²) < 4.78 is 10.5. The van der Waals surface area contributed by atoms with E-state index in [0.29, 0.717) is 35.8 Å². The third-order valence-electron chi connectivity index (χ3n) is 4.58. The molecule has 1 N–H and O–H groups in total. The molecule has 1 amide bonds. The number of ether oxygens (including phenoxy) is 1. The van der Waals surface area contributed by atoms with Crippen LogP contribution in [0.1, 0.15) is 53.2 Å². The first-order chi connectivity index (χ1) is 13.0. The summed E-state index contributed by atoms with van der Waals surface area (Å²) in [5.41, 5.74) is 1.04. The van der Waals surface area contributed by atoms with Gasteiger partial charge < -0.3 is 19.4 Å². The zero-order chi connectivity index (χ0) is 19.4. The molecule has 0 spiro atoms. The number of piperidine rings is 1. The number of hydrogen-bond acceptors (Lipinski definition) is 6. The maximum Gasteiger partial charge on any atom is 0.342 e. The van der Waals surface area contributed by atoms with Crippen molar-refractivity contribution in [2.24, 2.45) is 0 Å².